The molecule has 1 fully saturated rings. The van der Waals surface area contributed by atoms with E-state index in [9.17, 15) is 18.1 Å². The first-order chi connectivity index (χ1) is 12.4. The summed E-state index contributed by atoms with van der Waals surface area (Å²) in [6.45, 7) is 1.92. The molecule has 1 N–H and O–H groups in total. The average molecular weight is 373 g/mol. The Kier molecular flexibility index (Phi) is 4.02. The summed E-state index contributed by atoms with van der Waals surface area (Å²) in [5, 5.41) is 11.8. The molecule has 0 amide bonds. The molecule has 2 unspecified atom stereocenters. The van der Waals surface area contributed by atoms with Gasteiger partial charge in [0, 0.05) is 8.16 Å². The van der Waals surface area contributed by atoms with Gasteiger partial charge < -0.3 is 13.8 Å². The SMILES string of the molecule is [2H]c1c(OS(=O)(=O)[O-])ccc2c3c(ccc12)C1CC([2H])([2H])[C@H](O)C1(C)CC3.[Na+]. The van der Waals surface area contributed by atoms with Crippen LogP contribution >= 0.6 is 0 Å². The zero-order chi connectivity index (χ0) is 19.8. The third-order valence-corrected chi connectivity index (χ3v) is 5.85. The standard InChI is InChI=1S/C18H20O5S.Na/c1-18-9-8-14-13-5-3-12(23-24(20,21)22)10-11(13)2-4-15(14)16(18)6-7-17(18)19;/h2-5,10,16-17,19H,6-9H2,1H3,(H,20,21,22);/q;+1/p-1/t16?,17-,18?;/m0./s1/i7D2,10D;. The first-order valence-corrected chi connectivity index (χ1v) is 9.16. The number of benzene rings is 2. The second-order valence-corrected chi connectivity index (χ2v) is 7.76. The molecule has 0 aromatic heterocycles. The Morgan fingerprint density at radius 2 is 2.16 bits per heavy atom. The van der Waals surface area contributed by atoms with Gasteiger partial charge in [-0.3, -0.25) is 0 Å². The van der Waals surface area contributed by atoms with Gasteiger partial charge in [-0.1, -0.05) is 25.1 Å². The molecule has 2 aromatic carbocycles. The third-order valence-electron chi connectivity index (χ3n) is 5.47. The van der Waals surface area contributed by atoms with Crippen molar-refractivity contribution in [3.63, 3.8) is 0 Å². The molecule has 7 heteroatoms. The van der Waals surface area contributed by atoms with E-state index in [1.165, 1.54) is 6.07 Å². The number of aryl methyl sites for hydroxylation is 1. The Labute approximate surface area is 173 Å². The molecule has 4 rings (SSSR count). The van der Waals surface area contributed by atoms with Gasteiger partial charge in [0.2, 0.25) is 0 Å². The first-order valence-electron chi connectivity index (χ1n) is 9.32. The van der Waals surface area contributed by atoms with E-state index in [-0.39, 0.29) is 53.7 Å². The average Bonchev–Trinajstić information content (AvgIpc) is 2.76. The Morgan fingerprint density at radius 1 is 1.40 bits per heavy atom. The number of fused-ring (bicyclic) bond motifs is 5. The summed E-state index contributed by atoms with van der Waals surface area (Å²) < 4.78 is 61.4. The summed E-state index contributed by atoms with van der Waals surface area (Å²) in [6.07, 6.45) is -1.23. The minimum Gasteiger partial charge on any atom is -0.716 e. The first kappa shape index (κ1) is 15.4. The number of rotatable bonds is 2. The predicted molar refractivity (Wildman–Crippen MR) is 88.7 cm³/mol. The van der Waals surface area contributed by atoms with Crippen LogP contribution in [0, 0.1) is 5.41 Å². The fourth-order valence-electron chi connectivity index (χ4n) is 4.14. The van der Waals surface area contributed by atoms with Gasteiger partial charge in [-0.15, -0.1) is 0 Å². The van der Waals surface area contributed by atoms with Crippen molar-refractivity contribution < 1.29 is 55.9 Å². The fourth-order valence-corrected chi connectivity index (χ4v) is 4.45. The van der Waals surface area contributed by atoms with Gasteiger partial charge in [0.25, 0.3) is 10.4 Å². The van der Waals surface area contributed by atoms with Crippen LogP contribution in [-0.4, -0.2) is 24.2 Å². The summed E-state index contributed by atoms with van der Waals surface area (Å²) in [6, 6.07) is 6.26. The van der Waals surface area contributed by atoms with Crippen molar-refractivity contribution in [1.29, 1.82) is 0 Å². The molecule has 2 aliphatic rings. The van der Waals surface area contributed by atoms with Crippen LogP contribution in [0.25, 0.3) is 10.8 Å². The molecule has 3 atom stereocenters. The van der Waals surface area contributed by atoms with Gasteiger partial charge in [0.15, 0.2) is 0 Å². The summed E-state index contributed by atoms with van der Waals surface area (Å²) >= 11 is 0. The van der Waals surface area contributed by atoms with Crippen LogP contribution in [-0.2, 0) is 16.8 Å². The van der Waals surface area contributed by atoms with Gasteiger partial charge in [0.1, 0.15) is 5.75 Å². The molecule has 0 bridgehead atoms. The number of aliphatic hydroxyl groups is 1. The molecular weight excluding hydrogens is 351 g/mol. The number of hydrogen-bond donors (Lipinski definition) is 1. The van der Waals surface area contributed by atoms with E-state index in [4.69, 9.17) is 4.11 Å². The van der Waals surface area contributed by atoms with E-state index < -0.39 is 28.3 Å². The van der Waals surface area contributed by atoms with Crippen LogP contribution in [0.5, 0.6) is 5.75 Å². The molecule has 0 aliphatic heterocycles. The maximum absolute atomic E-state index is 10.9. The second kappa shape index (κ2) is 6.51. The van der Waals surface area contributed by atoms with E-state index in [0.29, 0.717) is 18.2 Å². The van der Waals surface area contributed by atoms with Crippen molar-refractivity contribution in [1.82, 2.24) is 0 Å². The van der Waals surface area contributed by atoms with E-state index in [1.54, 1.807) is 12.1 Å². The quantitative estimate of drug-likeness (QED) is 0.450. The maximum atomic E-state index is 10.9. The van der Waals surface area contributed by atoms with E-state index in [2.05, 4.69) is 4.18 Å². The zero-order valence-corrected chi connectivity index (χ0v) is 16.9. The molecular formula is C18H19NaO5S. The molecule has 2 aromatic rings. The summed E-state index contributed by atoms with van der Waals surface area (Å²) in [7, 11) is -4.96. The van der Waals surface area contributed by atoms with Crippen molar-refractivity contribution in [2.75, 3.05) is 0 Å². The topological polar surface area (TPSA) is 86.7 Å². The molecule has 0 spiro atoms. The maximum Gasteiger partial charge on any atom is 1.00 e. The monoisotopic (exact) mass is 373 g/mol. The third kappa shape index (κ3) is 3.24. The van der Waals surface area contributed by atoms with Crippen LogP contribution in [0.1, 0.15) is 47.3 Å². The van der Waals surface area contributed by atoms with Crippen LogP contribution in [0.2, 0.25) is 0 Å². The van der Waals surface area contributed by atoms with Gasteiger partial charge in [-0.2, -0.15) is 0 Å². The van der Waals surface area contributed by atoms with Crippen molar-refractivity contribution in [3.8, 4) is 5.75 Å². The van der Waals surface area contributed by atoms with E-state index >= 15 is 0 Å². The Morgan fingerprint density at radius 3 is 2.88 bits per heavy atom. The summed E-state index contributed by atoms with van der Waals surface area (Å²) in [5.74, 6) is -0.450. The molecule has 0 saturated heterocycles. The minimum absolute atomic E-state index is 0. The normalized spacial score (nSPS) is 31.9. The van der Waals surface area contributed by atoms with E-state index in [1.807, 2.05) is 13.0 Å². The molecule has 5 nitrogen and oxygen atoms in total. The molecule has 0 radical (unpaired) electrons. The molecule has 128 valence electrons. The van der Waals surface area contributed by atoms with Crippen molar-refractivity contribution >= 4 is 21.2 Å². The fraction of sp³-hybridized carbons (Fsp3) is 0.444. The molecule has 25 heavy (non-hydrogen) atoms. The summed E-state index contributed by atoms with van der Waals surface area (Å²) in [4.78, 5) is 0. The molecule has 2 aliphatic carbocycles. The van der Waals surface area contributed by atoms with Crippen LogP contribution in [0.4, 0.5) is 0 Å². The van der Waals surface area contributed by atoms with Gasteiger partial charge >= 0.3 is 29.6 Å². The van der Waals surface area contributed by atoms with Gasteiger partial charge in [0.05, 0.1) is 7.47 Å². The summed E-state index contributed by atoms with van der Waals surface area (Å²) in [5.41, 5.74) is 1.39. The van der Waals surface area contributed by atoms with E-state index in [0.717, 1.165) is 16.5 Å². The number of hydrogen-bond acceptors (Lipinski definition) is 5. The largest absolute Gasteiger partial charge is 1.00 e. The predicted octanol–water partition coefficient (Wildman–Crippen LogP) is -0.126. The van der Waals surface area contributed by atoms with Crippen LogP contribution in [0.3, 0.4) is 0 Å². The Balaban J connectivity index is 0.00000225. The van der Waals surface area contributed by atoms with Crippen molar-refractivity contribution in [2.45, 2.75) is 44.6 Å². The van der Waals surface area contributed by atoms with Crippen LogP contribution < -0.4 is 33.7 Å². The number of aliphatic hydroxyl groups excluding tert-OH is 1. The zero-order valence-electron chi connectivity index (χ0n) is 17.1. The Bertz CT molecular complexity index is 1060. The molecule has 1 saturated carbocycles. The Hall–Kier alpha value is -0.630. The van der Waals surface area contributed by atoms with Gasteiger partial charge in [-0.05, 0) is 65.6 Å². The van der Waals surface area contributed by atoms with Crippen molar-refractivity contribution in [3.05, 3.63) is 41.4 Å². The minimum atomic E-state index is -4.96. The van der Waals surface area contributed by atoms with Crippen molar-refractivity contribution in [2.24, 2.45) is 5.41 Å². The van der Waals surface area contributed by atoms with Crippen LogP contribution in [0.15, 0.2) is 30.3 Å². The molecule has 0 heterocycles. The van der Waals surface area contributed by atoms with Gasteiger partial charge in [-0.25, -0.2) is 8.42 Å². The second-order valence-electron chi connectivity index (χ2n) is 6.78. The smallest absolute Gasteiger partial charge is 0.716 e.